The molecule has 2 N–H and O–H groups in total. The molecule has 2 saturated carbocycles. The van der Waals surface area contributed by atoms with Crippen molar-refractivity contribution in [1.29, 1.82) is 0 Å². The average molecular weight is 459 g/mol. The normalized spacial score (nSPS) is 42.8. The molecule has 4 nitrogen and oxygen atoms in total. The Morgan fingerprint density at radius 2 is 1.67 bits per heavy atom. The number of hydrogen-bond acceptors (Lipinski definition) is 2. The van der Waals surface area contributed by atoms with E-state index in [1.165, 1.54) is 44.9 Å². The third-order valence-corrected chi connectivity index (χ3v) is 11.5. The number of hydrogen-bond donors (Lipinski definition) is 2. The van der Waals surface area contributed by atoms with Crippen molar-refractivity contribution in [1.82, 2.24) is 10.6 Å². The minimum Gasteiger partial charge on any atom is -0.354 e. The van der Waals surface area contributed by atoms with Gasteiger partial charge in [-0.2, -0.15) is 0 Å². The fraction of sp³-hybridized carbons (Fsp3) is 0.931. The molecule has 0 aromatic carbocycles. The summed E-state index contributed by atoms with van der Waals surface area (Å²) in [7, 11) is 0. The highest BCUT2D eigenvalue weighted by atomic mass is 16.2. The summed E-state index contributed by atoms with van der Waals surface area (Å²) in [4.78, 5) is 25.3. The Kier molecular flexibility index (Phi) is 7.23. The second kappa shape index (κ2) is 9.53. The molecule has 0 spiro atoms. The third kappa shape index (κ3) is 4.49. The van der Waals surface area contributed by atoms with E-state index in [4.69, 9.17) is 0 Å². The van der Waals surface area contributed by atoms with Crippen molar-refractivity contribution in [3.63, 3.8) is 0 Å². The average Bonchev–Trinajstić information content (AvgIpc) is 2.99. The Morgan fingerprint density at radius 3 is 2.36 bits per heavy atom. The molecule has 4 fully saturated rings. The van der Waals surface area contributed by atoms with Crippen LogP contribution in [0.25, 0.3) is 0 Å². The molecular weight excluding hydrogens is 408 g/mol. The van der Waals surface area contributed by atoms with Crippen molar-refractivity contribution in [2.45, 2.75) is 112 Å². The van der Waals surface area contributed by atoms with Gasteiger partial charge in [0.05, 0.1) is 6.04 Å². The van der Waals surface area contributed by atoms with E-state index < -0.39 is 0 Å². The fourth-order valence-electron chi connectivity index (χ4n) is 9.27. The highest BCUT2D eigenvalue weighted by Gasteiger charge is 2.60. The Morgan fingerprint density at radius 1 is 0.939 bits per heavy atom. The summed E-state index contributed by atoms with van der Waals surface area (Å²) in [5.41, 5.74) is 0.391. The molecule has 188 valence electrons. The van der Waals surface area contributed by atoms with E-state index in [1.54, 1.807) is 0 Å². The van der Waals surface area contributed by atoms with Crippen LogP contribution in [0.15, 0.2) is 0 Å². The Bertz CT molecular complexity index is 735. The summed E-state index contributed by atoms with van der Waals surface area (Å²) < 4.78 is 0. The van der Waals surface area contributed by atoms with Gasteiger partial charge in [0.25, 0.3) is 0 Å². The Hall–Kier alpha value is -1.06. The van der Waals surface area contributed by atoms with Gasteiger partial charge in [-0.1, -0.05) is 54.4 Å². The van der Waals surface area contributed by atoms with E-state index in [0.717, 1.165) is 30.1 Å². The van der Waals surface area contributed by atoms with Crippen molar-refractivity contribution in [2.75, 3.05) is 6.54 Å². The van der Waals surface area contributed by atoms with Gasteiger partial charge in [-0.05, 0) is 90.8 Å². The van der Waals surface area contributed by atoms with Gasteiger partial charge in [0.2, 0.25) is 11.8 Å². The molecule has 2 aliphatic heterocycles. The van der Waals surface area contributed by atoms with Crippen LogP contribution in [0, 0.1) is 52.3 Å². The predicted octanol–water partition coefficient (Wildman–Crippen LogP) is 5.95. The van der Waals surface area contributed by atoms with Crippen LogP contribution in [0.5, 0.6) is 0 Å². The predicted molar refractivity (Wildman–Crippen MR) is 134 cm³/mol. The number of nitrogens with one attached hydrogen (secondary N) is 2. The van der Waals surface area contributed by atoms with Crippen LogP contribution in [-0.4, -0.2) is 24.4 Å². The molecule has 0 aromatic heterocycles. The van der Waals surface area contributed by atoms with E-state index in [0.29, 0.717) is 42.6 Å². The Balaban J connectivity index is 1.53. The van der Waals surface area contributed by atoms with Crippen LogP contribution in [0.1, 0.15) is 106 Å². The maximum atomic E-state index is 13.1. The van der Waals surface area contributed by atoms with E-state index in [9.17, 15) is 9.59 Å². The van der Waals surface area contributed by atoms with Gasteiger partial charge in [-0.25, -0.2) is 0 Å². The number of carbonyl (C=O) groups is 2. The molecule has 2 amide bonds. The highest BCUT2D eigenvalue weighted by Crippen LogP contribution is 2.65. The van der Waals surface area contributed by atoms with Crippen molar-refractivity contribution in [2.24, 2.45) is 52.3 Å². The lowest BCUT2D eigenvalue weighted by atomic mass is 9.50. The summed E-state index contributed by atoms with van der Waals surface area (Å²) >= 11 is 0. The third-order valence-electron chi connectivity index (χ3n) is 11.5. The van der Waals surface area contributed by atoms with Gasteiger partial charge in [0.15, 0.2) is 0 Å². The number of rotatable bonds is 6. The molecule has 2 aliphatic carbocycles. The molecule has 4 heteroatoms. The van der Waals surface area contributed by atoms with E-state index in [1.807, 2.05) is 0 Å². The molecule has 2 saturated heterocycles. The molecule has 4 aliphatic rings. The molecule has 0 aromatic rings. The molecule has 9 unspecified atom stereocenters. The van der Waals surface area contributed by atoms with Gasteiger partial charge in [0, 0.05) is 19.4 Å². The number of fused-ring (bicyclic) bond motifs is 5. The lowest BCUT2D eigenvalue weighted by Gasteiger charge is -2.54. The first-order valence-electron chi connectivity index (χ1n) is 14.2. The lowest BCUT2D eigenvalue weighted by Crippen LogP contribution is -2.53. The second-order valence-corrected chi connectivity index (χ2v) is 13.2. The van der Waals surface area contributed by atoms with Gasteiger partial charge >= 0.3 is 0 Å². The summed E-state index contributed by atoms with van der Waals surface area (Å²) in [5, 5.41) is 6.43. The highest BCUT2D eigenvalue weighted by molar-refractivity contribution is 5.79. The zero-order valence-corrected chi connectivity index (χ0v) is 22.2. The van der Waals surface area contributed by atoms with Crippen molar-refractivity contribution < 1.29 is 9.59 Å². The molecule has 33 heavy (non-hydrogen) atoms. The van der Waals surface area contributed by atoms with Crippen LogP contribution in [0.3, 0.4) is 0 Å². The summed E-state index contributed by atoms with van der Waals surface area (Å²) in [6, 6.07) is 0.0777. The zero-order chi connectivity index (χ0) is 24.0. The maximum Gasteiger partial charge on any atom is 0.220 e. The first kappa shape index (κ1) is 25.0. The maximum absolute atomic E-state index is 13.1. The van der Waals surface area contributed by atoms with Gasteiger partial charge in [-0.15, -0.1) is 0 Å². The van der Waals surface area contributed by atoms with Crippen molar-refractivity contribution in [3.05, 3.63) is 0 Å². The standard InChI is InChI=1S/C29H50N2O2/c1-7-20(18(2)3)9-8-19(4)22-10-11-23-21-16-27(33)31-25-17-30-26(32)13-15-29(25,6)24(21)12-14-28(22,23)5/h18-25H,7-17H2,1-6H3,(H,30,32)(H,31,33). The van der Waals surface area contributed by atoms with Gasteiger partial charge in [0.1, 0.15) is 0 Å². The van der Waals surface area contributed by atoms with Crippen molar-refractivity contribution >= 4 is 11.8 Å². The molecule has 4 rings (SSSR count). The summed E-state index contributed by atoms with van der Waals surface area (Å²) in [6.07, 6.45) is 11.4. The molecule has 9 atom stereocenters. The monoisotopic (exact) mass is 458 g/mol. The number of carbonyl (C=O) groups excluding carboxylic acids is 2. The van der Waals surface area contributed by atoms with Crippen LogP contribution in [0.2, 0.25) is 0 Å². The van der Waals surface area contributed by atoms with Crippen LogP contribution < -0.4 is 10.6 Å². The SMILES string of the molecule is CCC(CCC(C)C1CCC2C3CC(=O)NC4CNC(=O)CCC4(C)C3CCC12C)C(C)C. The zero-order valence-electron chi connectivity index (χ0n) is 22.2. The van der Waals surface area contributed by atoms with E-state index in [-0.39, 0.29) is 23.3 Å². The topological polar surface area (TPSA) is 58.2 Å². The lowest BCUT2D eigenvalue weighted by molar-refractivity contribution is -0.124. The molecular formula is C29H50N2O2. The van der Waals surface area contributed by atoms with Crippen molar-refractivity contribution in [3.8, 4) is 0 Å². The largest absolute Gasteiger partial charge is 0.354 e. The van der Waals surface area contributed by atoms with E-state index in [2.05, 4.69) is 52.2 Å². The molecule has 2 heterocycles. The number of amides is 2. The summed E-state index contributed by atoms with van der Waals surface area (Å²) in [6.45, 7) is 15.2. The van der Waals surface area contributed by atoms with Gasteiger partial charge < -0.3 is 10.6 Å². The molecule has 0 radical (unpaired) electrons. The first-order chi connectivity index (χ1) is 15.6. The smallest absolute Gasteiger partial charge is 0.220 e. The quantitative estimate of drug-likeness (QED) is 0.517. The summed E-state index contributed by atoms with van der Waals surface area (Å²) in [5.74, 6) is 5.24. The second-order valence-electron chi connectivity index (χ2n) is 13.2. The van der Waals surface area contributed by atoms with Crippen LogP contribution >= 0.6 is 0 Å². The minimum atomic E-state index is 0.0205. The Labute approximate surface area is 202 Å². The van der Waals surface area contributed by atoms with Crippen LogP contribution in [-0.2, 0) is 9.59 Å². The molecule has 0 bridgehead atoms. The first-order valence-corrected chi connectivity index (χ1v) is 14.2. The minimum absolute atomic E-state index is 0.0205. The van der Waals surface area contributed by atoms with Crippen LogP contribution in [0.4, 0.5) is 0 Å². The van der Waals surface area contributed by atoms with Gasteiger partial charge in [-0.3, -0.25) is 9.59 Å². The van der Waals surface area contributed by atoms with E-state index >= 15 is 0 Å². The fourth-order valence-corrected chi connectivity index (χ4v) is 9.27.